The van der Waals surface area contributed by atoms with Gasteiger partial charge >= 0.3 is 0 Å². The molecule has 0 fully saturated rings. The van der Waals surface area contributed by atoms with Crippen molar-refractivity contribution in [2.24, 2.45) is 5.41 Å². The van der Waals surface area contributed by atoms with E-state index in [4.69, 9.17) is 11.6 Å². The van der Waals surface area contributed by atoms with Crippen molar-refractivity contribution < 1.29 is 9.59 Å². The molecule has 1 aromatic heterocycles. The zero-order chi connectivity index (χ0) is 15.3. The average Bonchev–Trinajstić information content (AvgIpc) is 2.35. The van der Waals surface area contributed by atoms with E-state index in [0.29, 0.717) is 12.0 Å². The first-order valence-electron chi connectivity index (χ1n) is 6.66. The largest absolute Gasteiger partial charge is 0.354 e. The number of nitrogens with zero attached hydrogens (tertiary/aromatic N) is 1. The number of aromatic nitrogens is 1. The Morgan fingerprint density at radius 2 is 1.95 bits per heavy atom. The van der Waals surface area contributed by atoms with Gasteiger partial charge < -0.3 is 5.32 Å². The molecule has 0 aliphatic heterocycles. The van der Waals surface area contributed by atoms with E-state index in [1.165, 1.54) is 19.2 Å². The standard InChI is InChI=1S/C15H21ClN2O2/c1-15(2,3)7-5-6-12(19)10-8-11(14(20)17-4)18-13(16)9-10/h8-9H,5-7H2,1-4H3,(H,17,20). The lowest BCUT2D eigenvalue weighted by Gasteiger charge is -2.17. The minimum absolute atomic E-state index is 0.0105. The Hall–Kier alpha value is -1.42. The summed E-state index contributed by atoms with van der Waals surface area (Å²) in [5.41, 5.74) is 0.820. The van der Waals surface area contributed by atoms with Crippen molar-refractivity contribution in [3.63, 3.8) is 0 Å². The predicted octanol–water partition coefficient (Wildman–Crippen LogP) is 3.49. The summed E-state index contributed by atoms with van der Waals surface area (Å²) in [4.78, 5) is 27.6. The molecule has 4 nitrogen and oxygen atoms in total. The fourth-order valence-corrected chi connectivity index (χ4v) is 2.03. The molecule has 1 rings (SSSR count). The molecule has 0 saturated carbocycles. The summed E-state index contributed by atoms with van der Waals surface area (Å²) >= 11 is 5.86. The van der Waals surface area contributed by atoms with Crippen molar-refractivity contribution in [3.05, 3.63) is 28.5 Å². The third kappa shape index (κ3) is 5.29. The van der Waals surface area contributed by atoms with Gasteiger partial charge in [0.1, 0.15) is 10.8 Å². The Morgan fingerprint density at radius 3 is 2.50 bits per heavy atom. The van der Waals surface area contributed by atoms with Gasteiger partial charge in [0.05, 0.1) is 0 Å². The Balaban J connectivity index is 2.78. The van der Waals surface area contributed by atoms with Crippen LogP contribution in [0.15, 0.2) is 12.1 Å². The lowest BCUT2D eigenvalue weighted by atomic mass is 9.89. The molecule has 0 unspecified atom stereocenters. The SMILES string of the molecule is CNC(=O)c1cc(C(=O)CCCC(C)(C)C)cc(Cl)n1. The molecule has 5 heteroatoms. The van der Waals surface area contributed by atoms with Crippen LogP contribution in [-0.4, -0.2) is 23.7 Å². The Bertz CT molecular complexity index is 507. The number of carbonyl (C=O) groups is 2. The summed E-state index contributed by atoms with van der Waals surface area (Å²) < 4.78 is 0. The lowest BCUT2D eigenvalue weighted by Crippen LogP contribution is -2.20. The Kier molecular flexibility index (Phi) is 5.69. The van der Waals surface area contributed by atoms with Gasteiger partial charge in [0.2, 0.25) is 0 Å². The molecule has 0 atom stereocenters. The van der Waals surface area contributed by atoms with Gasteiger partial charge in [-0.15, -0.1) is 0 Å². The van der Waals surface area contributed by atoms with Gasteiger partial charge in [-0.2, -0.15) is 0 Å². The zero-order valence-corrected chi connectivity index (χ0v) is 13.2. The fourth-order valence-electron chi connectivity index (χ4n) is 1.83. The first-order valence-corrected chi connectivity index (χ1v) is 7.03. The topological polar surface area (TPSA) is 59.1 Å². The van der Waals surface area contributed by atoms with Crippen LogP contribution >= 0.6 is 11.6 Å². The van der Waals surface area contributed by atoms with Crippen molar-refractivity contribution in [1.29, 1.82) is 0 Å². The number of hydrogen-bond acceptors (Lipinski definition) is 3. The third-order valence-electron chi connectivity index (χ3n) is 2.91. The van der Waals surface area contributed by atoms with Crippen LogP contribution in [0.2, 0.25) is 5.15 Å². The smallest absolute Gasteiger partial charge is 0.269 e. The van der Waals surface area contributed by atoms with E-state index in [2.05, 4.69) is 31.1 Å². The van der Waals surface area contributed by atoms with Gasteiger partial charge in [0, 0.05) is 19.0 Å². The van der Waals surface area contributed by atoms with E-state index < -0.39 is 0 Å². The maximum absolute atomic E-state index is 12.1. The second kappa shape index (κ2) is 6.84. The van der Waals surface area contributed by atoms with Crippen molar-refractivity contribution in [2.45, 2.75) is 40.0 Å². The molecular weight excluding hydrogens is 276 g/mol. The molecule has 0 aliphatic carbocycles. The molecule has 0 aromatic carbocycles. The van der Waals surface area contributed by atoms with Crippen LogP contribution in [0, 0.1) is 5.41 Å². The summed E-state index contributed by atoms with van der Waals surface area (Å²) in [5.74, 6) is -0.361. The molecule has 0 spiro atoms. The van der Waals surface area contributed by atoms with Crippen LogP contribution in [-0.2, 0) is 0 Å². The van der Waals surface area contributed by atoms with E-state index in [9.17, 15) is 9.59 Å². The number of pyridine rings is 1. The summed E-state index contributed by atoms with van der Waals surface area (Å²) in [6.07, 6.45) is 2.24. The number of halogens is 1. The Labute approximate surface area is 124 Å². The van der Waals surface area contributed by atoms with Crippen molar-refractivity contribution in [1.82, 2.24) is 10.3 Å². The molecule has 20 heavy (non-hydrogen) atoms. The molecule has 0 bridgehead atoms. The number of carbonyl (C=O) groups excluding carboxylic acids is 2. The van der Waals surface area contributed by atoms with Crippen molar-refractivity contribution in [2.75, 3.05) is 7.05 Å². The lowest BCUT2D eigenvalue weighted by molar-refractivity contribution is 0.0958. The second-order valence-electron chi connectivity index (χ2n) is 5.98. The van der Waals surface area contributed by atoms with Crippen molar-refractivity contribution in [3.8, 4) is 0 Å². The monoisotopic (exact) mass is 296 g/mol. The van der Waals surface area contributed by atoms with Gasteiger partial charge in [-0.1, -0.05) is 32.4 Å². The highest BCUT2D eigenvalue weighted by Crippen LogP contribution is 2.22. The van der Waals surface area contributed by atoms with Gasteiger partial charge in [-0.05, 0) is 30.4 Å². The number of rotatable bonds is 5. The maximum atomic E-state index is 12.1. The van der Waals surface area contributed by atoms with E-state index >= 15 is 0 Å². The highest BCUT2D eigenvalue weighted by Gasteiger charge is 2.15. The molecule has 110 valence electrons. The van der Waals surface area contributed by atoms with Gasteiger partial charge in [0.15, 0.2) is 5.78 Å². The minimum Gasteiger partial charge on any atom is -0.354 e. The fraction of sp³-hybridized carbons (Fsp3) is 0.533. The van der Waals surface area contributed by atoms with E-state index in [1.807, 2.05) is 0 Å². The number of ketones is 1. The highest BCUT2D eigenvalue weighted by molar-refractivity contribution is 6.30. The second-order valence-corrected chi connectivity index (χ2v) is 6.37. The van der Waals surface area contributed by atoms with Crippen LogP contribution in [0.3, 0.4) is 0 Å². The Morgan fingerprint density at radius 1 is 1.30 bits per heavy atom. The molecule has 0 radical (unpaired) electrons. The maximum Gasteiger partial charge on any atom is 0.269 e. The van der Waals surface area contributed by atoms with Gasteiger partial charge in [-0.3, -0.25) is 9.59 Å². The predicted molar refractivity (Wildman–Crippen MR) is 80.3 cm³/mol. The van der Waals surface area contributed by atoms with Gasteiger partial charge in [0.25, 0.3) is 5.91 Å². The minimum atomic E-state index is -0.351. The van der Waals surface area contributed by atoms with Gasteiger partial charge in [-0.25, -0.2) is 4.98 Å². The van der Waals surface area contributed by atoms with Crippen molar-refractivity contribution >= 4 is 23.3 Å². The first-order chi connectivity index (χ1) is 9.23. The number of nitrogens with one attached hydrogen (secondary N) is 1. The summed E-state index contributed by atoms with van der Waals surface area (Å²) in [6.45, 7) is 6.43. The first kappa shape index (κ1) is 16.6. The molecule has 1 aromatic rings. The number of amides is 1. The molecule has 1 heterocycles. The van der Waals surface area contributed by atoms with E-state index in [0.717, 1.165) is 12.8 Å². The molecular formula is C15H21ClN2O2. The van der Waals surface area contributed by atoms with Crippen LogP contribution in [0.1, 0.15) is 60.9 Å². The molecule has 0 aliphatic rings. The van der Waals surface area contributed by atoms with Crippen LogP contribution in [0.5, 0.6) is 0 Å². The zero-order valence-electron chi connectivity index (χ0n) is 12.4. The van der Waals surface area contributed by atoms with Crippen LogP contribution in [0.25, 0.3) is 0 Å². The van der Waals surface area contributed by atoms with Crippen LogP contribution in [0.4, 0.5) is 0 Å². The summed E-state index contributed by atoms with van der Waals surface area (Å²) in [6, 6.07) is 3.00. The third-order valence-corrected chi connectivity index (χ3v) is 3.10. The number of hydrogen-bond donors (Lipinski definition) is 1. The quantitative estimate of drug-likeness (QED) is 0.668. The summed E-state index contributed by atoms with van der Waals surface area (Å²) in [7, 11) is 1.51. The molecule has 0 saturated heterocycles. The highest BCUT2D eigenvalue weighted by atomic mass is 35.5. The molecule has 1 amide bonds. The average molecular weight is 297 g/mol. The van der Waals surface area contributed by atoms with E-state index in [1.54, 1.807) is 0 Å². The van der Waals surface area contributed by atoms with Crippen LogP contribution < -0.4 is 5.32 Å². The molecule has 1 N–H and O–H groups in total. The number of Topliss-reactive ketones (excluding diaryl/α,β-unsaturated/α-hetero) is 1. The summed E-state index contributed by atoms with van der Waals surface area (Å²) in [5, 5.41) is 2.62. The normalized spacial score (nSPS) is 11.2. The van der Waals surface area contributed by atoms with E-state index in [-0.39, 0.29) is 28.0 Å².